The summed E-state index contributed by atoms with van der Waals surface area (Å²) in [6, 6.07) is 9.42. The molecule has 0 spiro atoms. The normalized spacial score (nSPS) is 20.1. The molecule has 2 aliphatic carbocycles. The Balaban J connectivity index is 1.26. The number of sulfone groups is 1. The molecule has 2 aromatic carbocycles. The van der Waals surface area contributed by atoms with Crippen LogP contribution < -0.4 is 5.32 Å². The summed E-state index contributed by atoms with van der Waals surface area (Å²) in [4.78, 5) is 19.0. The van der Waals surface area contributed by atoms with E-state index in [1.807, 2.05) is 0 Å². The molecule has 4 atom stereocenters. The summed E-state index contributed by atoms with van der Waals surface area (Å²) in [6.07, 6.45) is -3.12. The number of pyridine rings is 1. The summed E-state index contributed by atoms with van der Waals surface area (Å²) in [5.41, 5.74) is 0.398. The zero-order valence-electron chi connectivity index (χ0n) is 31.0. The fraction of sp³-hybridized carbons (Fsp3) is 0.400. The van der Waals surface area contributed by atoms with Gasteiger partial charge in [0.1, 0.15) is 41.4 Å². The molecule has 1 saturated carbocycles. The molecule has 3 aromatic heterocycles. The number of aromatic nitrogens is 5. The van der Waals surface area contributed by atoms with Crippen LogP contribution in [0, 0.1) is 29.4 Å². The summed E-state index contributed by atoms with van der Waals surface area (Å²) in [5, 5.41) is 12.0. The van der Waals surface area contributed by atoms with Gasteiger partial charge < -0.3 is 10.1 Å². The Morgan fingerprint density at radius 2 is 1.83 bits per heavy atom. The van der Waals surface area contributed by atoms with E-state index in [0.29, 0.717) is 52.5 Å². The van der Waals surface area contributed by atoms with Crippen LogP contribution in [0.3, 0.4) is 0 Å². The second-order valence-corrected chi connectivity index (χ2v) is 17.6. The molecule has 0 radical (unpaired) electrons. The lowest BCUT2D eigenvalue weighted by molar-refractivity contribution is -0.120. The molecule has 3 aliphatic rings. The standard InChI is InChI=1S/C40H35ClF6N6O4S/c1-52-37-28(7-8-31(41)34(37)32(50-52)19-58(2,55)56)27-6-4-24(3-5-26-17-48-9-10-57-26)49-35(27)21(11-20-12-22(42)15-23(43)13-20)14-25(54)18-53-38-33(36(51-53)39(44)45)29-16-30(29)40(38,46)47/h4,6-8,12-13,15,21,26,29-30,39,48H,9-11,14,16-19H2,1-2H3/t21-,26?,29+,30-/m1/s1. The Morgan fingerprint density at radius 3 is 2.52 bits per heavy atom. The highest BCUT2D eigenvalue weighted by Gasteiger charge is 2.67. The summed E-state index contributed by atoms with van der Waals surface area (Å²) in [7, 11) is -1.96. The van der Waals surface area contributed by atoms with Gasteiger partial charge in [0.25, 0.3) is 12.3 Å². The number of halogens is 7. The largest absolute Gasteiger partial charge is 0.363 e. The number of carbonyl (C=O) groups is 1. The number of ketones is 1. The van der Waals surface area contributed by atoms with Crippen molar-refractivity contribution >= 4 is 38.1 Å². The van der Waals surface area contributed by atoms with Gasteiger partial charge in [-0.25, -0.2) is 31.0 Å². The van der Waals surface area contributed by atoms with Crippen LogP contribution >= 0.6 is 11.6 Å². The predicted octanol–water partition coefficient (Wildman–Crippen LogP) is 6.78. The molecule has 10 nitrogen and oxygen atoms in total. The molecule has 18 heteroatoms. The second-order valence-electron chi connectivity index (χ2n) is 15.0. The maximum Gasteiger partial charge on any atom is 0.293 e. The smallest absolute Gasteiger partial charge is 0.293 e. The maximum atomic E-state index is 15.5. The van der Waals surface area contributed by atoms with Crippen LogP contribution in [-0.4, -0.2) is 70.8 Å². The first-order valence-electron chi connectivity index (χ1n) is 18.4. The molecule has 1 aliphatic heterocycles. The van der Waals surface area contributed by atoms with Gasteiger partial charge in [-0.1, -0.05) is 23.6 Å². The first-order valence-corrected chi connectivity index (χ1v) is 20.8. The minimum atomic E-state index is -3.56. The molecule has 8 rings (SSSR count). The van der Waals surface area contributed by atoms with E-state index < -0.39 is 93.6 Å². The second kappa shape index (κ2) is 15.1. The third-order valence-electron chi connectivity index (χ3n) is 10.7. The van der Waals surface area contributed by atoms with E-state index >= 15 is 8.78 Å². The van der Waals surface area contributed by atoms with E-state index in [9.17, 15) is 30.8 Å². The number of fused-ring (bicyclic) bond motifs is 4. The fourth-order valence-corrected chi connectivity index (χ4v) is 9.24. The lowest BCUT2D eigenvalue weighted by atomic mass is 9.86. The number of hydrogen-bond acceptors (Lipinski definition) is 8. The van der Waals surface area contributed by atoms with Gasteiger partial charge in [0.05, 0.1) is 34.3 Å². The van der Waals surface area contributed by atoms with Crippen molar-refractivity contribution < 1.29 is 44.3 Å². The van der Waals surface area contributed by atoms with Gasteiger partial charge in [0, 0.05) is 72.8 Å². The molecule has 5 aromatic rings. The highest BCUT2D eigenvalue weighted by molar-refractivity contribution is 7.89. The van der Waals surface area contributed by atoms with E-state index in [1.54, 1.807) is 31.3 Å². The summed E-state index contributed by atoms with van der Waals surface area (Å²) in [6.45, 7) is 0.783. The molecule has 1 saturated heterocycles. The summed E-state index contributed by atoms with van der Waals surface area (Å²) in [5.74, 6) is -3.21. The van der Waals surface area contributed by atoms with Crippen LogP contribution in [0.1, 0.15) is 70.7 Å². The third-order valence-corrected chi connectivity index (χ3v) is 11.8. The number of morpholine rings is 1. The molecule has 0 amide bonds. The van der Waals surface area contributed by atoms with Crippen molar-refractivity contribution in [2.75, 3.05) is 26.0 Å². The molecule has 4 heterocycles. The fourth-order valence-electron chi connectivity index (χ4n) is 8.28. The minimum absolute atomic E-state index is 0.0487. The number of alkyl halides is 4. The van der Waals surface area contributed by atoms with E-state index in [1.165, 1.54) is 4.68 Å². The Hall–Kier alpha value is -4.76. The number of ether oxygens (including phenoxy) is 1. The number of nitrogens with zero attached hydrogens (tertiary/aromatic N) is 5. The van der Waals surface area contributed by atoms with Crippen LogP contribution in [0.25, 0.3) is 22.0 Å². The Bertz CT molecular complexity index is 2630. The van der Waals surface area contributed by atoms with Crippen molar-refractivity contribution in [3.05, 3.63) is 98.7 Å². The molecule has 58 heavy (non-hydrogen) atoms. The predicted molar refractivity (Wildman–Crippen MR) is 201 cm³/mol. The van der Waals surface area contributed by atoms with Crippen LogP contribution in [0.5, 0.6) is 0 Å². The molecule has 0 bridgehead atoms. The zero-order chi connectivity index (χ0) is 41.3. The SMILES string of the molecule is Cn1nc(CS(C)(=O)=O)c2c(Cl)ccc(-c3ccc(C#CC4CNCCO4)nc3[C@@H](CC(=O)Cn3nc(C(F)F)c4c3C(F)(F)[C@@H]3C[C@H]43)Cc3cc(F)cc(F)c3)c21. The molecular weight excluding hydrogens is 810 g/mol. The Kier molecular flexibility index (Phi) is 10.4. The zero-order valence-corrected chi connectivity index (χ0v) is 32.6. The van der Waals surface area contributed by atoms with E-state index in [4.69, 9.17) is 21.3 Å². The van der Waals surface area contributed by atoms with Gasteiger partial charge in [0.2, 0.25) is 0 Å². The van der Waals surface area contributed by atoms with E-state index in [-0.39, 0.29) is 46.1 Å². The third kappa shape index (κ3) is 7.74. The topological polar surface area (TPSA) is 121 Å². The molecule has 2 fully saturated rings. The van der Waals surface area contributed by atoms with Crippen molar-refractivity contribution in [3.8, 4) is 23.0 Å². The average molecular weight is 845 g/mol. The number of rotatable bonds is 11. The van der Waals surface area contributed by atoms with Crippen molar-refractivity contribution in [1.29, 1.82) is 0 Å². The highest BCUT2D eigenvalue weighted by Crippen LogP contribution is 2.68. The Labute approximate surface area is 333 Å². The maximum absolute atomic E-state index is 15.5. The number of benzene rings is 2. The van der Waals surface area contributed by atoms with Gasteiger partial charge in [-0.05, 0) is 60.6 Å². The first kappa shape index (κ1) is 40.0. The number of Topliss-reactive ketones (excluding diaryl/α,β-unsaturated/α-hetero) is 1. The van der Waals surface area contributed by atoms with E-state index in [0.717, 1.165) is 18.4 Å². The highest BCUT2D eigenvalue weighted by atomic mass is 35.5. The molecule has 1 unspecified atom stereocenters. The summed E-state index contributed by atoms with van der Waals surface area (Å²) >= 11 is 6.66. The van der Waals surface area contributed by atoms with Crippen molar-refractivity contribution in [1.82, 2.24) is 29.9 Å². The average Bonchev–Trinajstić information content (AvgIpc) is 3.69. The molecule has 1 N–H and O–H groups in total. The van der Waals surface area contributed by atoms with Gasteiger partial charge in [0.15, 0.2) is 15.6 Å². The number of carbonyl (C=O) groups excluding carboxylic acids is 1. The number of nitrogens with one attached hydrogen (secondary N) is 1. The lowest BCUT2D eigenvalue weighted by Crippen LogP contribution is -2.37. The first-order chi connectivity index (χ1) is 27.5. The Morgan fingerprint density at radius 1 is 1.09 bits per heavy atom. The van der Waals surface area contributed by atoms with Gasteiger partial charge in [-0.15, -0.1) is 0 Å². The van der Waals surface area contributed by atoms with Crippen LogP contribution in [0.4, 0.5) is 26.3 Å². The molecular formula is C40H35ClF6N6O4S. The lowest BCUT2D eigenvalue weighted by Gasteiger charge is -2.22. The van der Waals surface area contributed by atoms with Crippen LogP contribution in [0.15, 0.2) is 42.5 Å². The minimum Gasteiger partial charge on any atom is -0.363 e. The van der Waals surface area contributed by atoms with Crippen LogP contribution in [-0.2, 0) is 51.1 Å². The van der Waals surface area contributed by atoms with Gasteiger partial charge in [-0.3, -0.25) is 14.2 Å². The van der Waals surface area contributed by atoms with Crippen LogP contribution in [0.2, 0.25) is 5.02 Å². The van der Waals surface area contributed by atoms with Gasteiger partial charge in [-0.2, -0.15) is 19.0 Å². The monoisotopic (exact) mass is 844 g/mol. The van der Waals surface area contributed by atoms with Crippen molar-refractivity contribution in [3.63, 3.8) is 0 Å². The number of aryl methyl sites for hydroxylation is 1. The quantitative estimate of drug-likeness (QED) is 0.114. The van der Waals surface area contributed by atoms with E-state index in [2.05, 4.69) is 27.4 Å². The number of hydrogen-bond donors (Lipinski definition) is 1. The van der Waals surface area contributed by atoms with Crippen molar-refractivity contribution in [2.45, 2.75) is 61.8 Å². The molecule has 304 valence electrons. The summed E-state index contributed by atoms with van der Waals surface area (Å²) < 4.78 is 121. The van der Waals surface area contributed by atoms with Gasteiger partial charge >= 0.3 is 0 Å². The van der Waals surface area contributed by atoms with Crippen molar-refractivity contribution in [2.24, 2.45) is 13.0 Å².